The number of nitro groups is 1. The van der Waals surface area contributed by atoms with E-state index in [4.69, 9.17) is 16.3 Å². The van der Waals surface area contributed by atoms with E-state index in [9.17, 15) is 15.3 Å². The molecule has 0 bridgehead atoms. The van der Waals surface area contributed by atoms with Crippen LogP contribution in [0.4, 0.5) is 5.82 Å². The smallest absolute Gasteiger partial charge is 0.485 e. The minimum absolute atomic E-state index is 0.194. The van der Waals surface area contributed by atoms with E-state index >= 15 is 0 Å². The molecule has 94 valence electrons. The van der Waals surface area contributed by atoms with Crippen LogP contribution < -0.4 is 9.47 Å². The van der Waals surface area contributed by atoms with Crippen LogP contribution in [0.25, 0.3) is 0 Å². The van der Waals surface area contributed by atoms with Crippen molar-refractivity contribution < 1.29 is 19.6 Å². The molecular weight excluding hydrogens is 248 g/mol. The number of halogens is 1. The van der Waals surface area contributed by atoms with Crippen LogP contribution in [-0.4, -0.2) is 16.7 Å². The average Bonchev–Trinajstić information content (AvgIpc) is 2.78. The van der Waals surface area contributed by atoms with E-state index in [-0.39, 0.29) is 10.6 Å². The summed E-state index contributed by atoms with van der Waals surface area (Å²) < 4.78 is 5.74. The Morgan fingerprint density at radius 3 is 2.65 bits per heavy atom. The van der Waals surface area contributed by atoms with Crippen LogP contribution in [0.2, 0.25) is 5.02 Å². The molecule has 6 nitrogen and oxygen atoms in total. The largest absolute Gasteiger partial charge is 0.553 e. The second kappa shape index (κ2) is 5.18. The van der Waals surface area contributed by atoms with Crippen molar-refractivity contribution in [3.8, 4) is 5.75 Å². The highest BCUT2D eigenvalue weighted by Gasteiger charge is 2.40. The molecule has 0 saturated carbocycles. The molecule has 1 aromatic heterocycles. The van der Waals surface area contributed by atoms with Crippen LogP contribution in [0, 0.1) is 17.0 Å². The van der Waals surface area contributed by atoms with Gasteiger partial charge in [0.1, 0.15) is 15.5 Å². The van der Waals surface area contributed by atoms with Gasteiger partial charge in [-0.15, -0.1) is 0 Å². The van der Waals surface area contributed by atoms with E-state index in [0.717, 1.165) is 0 Å². The zero-order valence-corrected chi connectivity index (χ0v) is 10.6. The second-order valence-electron chi connectivity index (χ2n) is 3.21. The van der Waals surface area contributed by atoms with E-state index in [1.54, 1.807) is 0 Å². The summed E-state index contributed by atoms with van der Waals surface area (Å²) in [6, 6.07) is 0. The highest BCUT2D eigenvalue weighted by Crippen LogP contribution is 2.36. The maximum atomic E-state index is 10.7. The fourth-order valence-electron chi connectivity index (χ4n) is 1.61. The SMILES string of the molecule is CC.Cc1c(Cl)c2c([n+](O)c1[N+](=O)[O-])CCO2. The zero-order valence-electron chi connectivity index (χ0n) is 9.86. The van der Waals surface area contributed by atoms with E-state index in [1.807, 2.05) is 13.8 Å². The Morgan fingerprint density at radius 2 is 2.12 bits per heavy atom. The second-order valence-corrected chi connectivity index (χ2v) is 3.58. The van der Waals surface area contributed by atoms with Gasteiger partial charge in [0.05, 0.1) is 17.8 Å². The lowest BCUT2D eigenvalue weighted by Gasteiger charge is -2.01. The lowest BCUT2D eigenvalue weighted by molar-refractivity contribution is -0.924. The van der Waals surface area contributed by atoms with Crippen LogP contribution in [0.3, 0.4) is 0 Å². The summed E-state index contributed by atoms with van der Waals surface area (Å²) >= 11 is 5.91. The number of ether oxygens (including phenoxy) is 1. The normalized spacial score (nSPS) is 12.2. The number of nitrogens with zero attached hydrogens (tertiary/aromatic N) is 2. The van der Waals surface area contributed by atoms with Gasteiger partial charge in [0.2, 0.25) is 5.75 Å². The molecule has 7 heteroatoms. The van der Waals surface area contributed by atoms with Crippen LogP contribution in [0.1, 0.15) is 25.1 Å². The van der Waals surface area contributed by atoms with E-state index in [2.05, 4.69) is 0 Å². The van der Waals surface area contributed by atoms with Gasteiger partial charge < -0.3 is 4.74 Å². The maximum Gasteiger partial charge on any atom is 0.553 e. The minimum Gasteiger partial charge on any atom is -0.485 e. The topological polar surface area (TPSA) is 76.5 Å². The van der Waals surface area contributed by atoms with Crippen LogP contribution >= 0.6 is 11.6 Å². The van der Waals surface area contributed by atoms with Gasteiger partial charge in [0, 0.05) is 0 Å². The number of hydrogen-bond acceptors (Lipinski definition) is 4. The lowest BCUT2D eigenvalue weighted by Crippen LogP contribution is -2.38. The van der Waals surface area contributed by atoms with Crippen molar-refractivity contribution in [2.24, 2.45) is 0 Å². The predicted octanol–water partition coefficient (Wildman–Crippen LogP) is 2.04. The summed E-state index contributed by atoms with van der Waals surface area (Å²) in [5, 5.41) is 20.5. The fourth-order valence-corrected chi connectivity index (χ4v) is 1.86. The summed E-state index contributed by atoms with van der Waals surface area (Å²) in [6.07, 6.45) is 0.409. The molecule has 17 heavy (non-hydrogen) atoms. The number of pyridine rings is 1. The van der Waals surface area contributed by atoms with Gasteiger partial charge in [-0.1, -0.05) is 25.4 Å². The molecule has 0 radical (unpaired) electrons. The Labute approximate surface area is 104 Å². The zero-order chi connectivity index (χ0) is 13.2. The molecule has 1 aromatic rings. The Kier molecular flexibility index (Phi) is 4.11. The first-order chi connectivity index (χ1) is 8.04. The monoisotopic (exact) mass is 261 g/mol. The highest BCUT2D eigenvalue weighted by molar-refractivity contribution is 6.33. The van der Waals surface area contributed by atoms with Crippen LogP contribution in [-0.2, 0) is 6.42 Å². The first-order valence-corrected chi connectivity index (χ1v) is 5.65. The average molecular weight is 262 g/mol. The van der Waals surface area contributed by atoms with Gasteiger partial charge in [-0.25, -0.2) is 0 Å². The van der Waals surface area contributed by atoms with Crippen LogP contribution in [0.15, 0.2) is 0 Å². The Bertz CT molecular complexity index is 462. The molecule has 0 aromatic carbocycles. The minimum atomic E-state index is -0.667. The van der Waals surface area contributed by atoms with E-state index < -0.39 is 10.7 Å². The molecule has 0 aliphatic carbocycles. The van der Waals surface area contributed by atoms with Gasteiger partial charge in [0.25, 0.3) is 5.69 Å². The first-order valence-electron chi connectivity index (χ1n) is 5.27. The summed E-state index contributed by atoms with van der Waals surface area (Å²) in [6.45, 7) is 5.84. The Morgan fingerprint density at radius 1 is 1.53 bits per heavy atom. The molecule has 0 saturated heterocycles. The lowest BCUT2D eigenvalue weighted by atomic mass is 10.2. The Balaban J connectivity index is 0.000000686. The van der Waals surface area contributed by atoms with Crippen molar-refractivity contribution >= 4 is 17.4 Å². The van der Waals surface area contributed by atoms with Gasteiger partial charge in [-0.05, 0) is 6.92 Å². The highest BCUT2D eigenvalue weighted by atomic mass is 35.5. The van der Waals surface area contributed by atoms with Crippen molar-refractivity contribution in [1.82, 2.24) is 0 Å². The van der Waals surface area contributed by atoms with E-state index in [1.165, 1.54) is 6.92 Å². The van der Waals surface area contributed by atoms with E-state index in [0.29, 0.717) is 29.2 Å². The van der Waals surface area contributed by atoms with Gasteiger partial charge in [0.15, 0.2) is 0 Å². The molecule has 2 heterocycles. The molecule has 0 amide bonds. The number of aromatic nitrogens is 1. The molecule has 1 aliphatic heterocycles. The molecule has 0 fully saturated rings. The first kappa shape index (κ1) is 13.5. The maximum absolute atomic E-state index is 10.7. The standard InChI is InChI=1S/C8H8ClN2O4.C2H6/c1-4-6(9)7-5(2-3-15-7)10(12)8(4)11(13)14;1-2/h12H,2-3H2,1H3;1-2H3/q+1;. The molecule has 0 atom stereocenters. The summed E-state index contributed by atoms with van der Waals surface area (Å²) in [4.78, 5) is 10.1. The predicted molar refractivity (Wildman–Crippen MR) is 60.8 cm³/mol. The molecular formula is C10H14ClN2O4+. The molecule has 2 rings (SSSR count). The third-order valence-electron chi connectivity index (χ3n) is 2.34. The van der Waals surface area contributed by atoms with Crippen molar-refractivity contribution in [3.05, 3.63) is 26.4 Å². The molecule has 1 N–H and O–H groups in total. The van der Waals surface area contributed by atoms with Crippen molar-refractivity contribution in [2.75, 3.05) is 6.61 Å². The van der Waals surface area contributed by atoms with Crippen molar-refractivity contribution in [1.29, 1.82) is 0 Å². The summed E-state index contributed by atoms with van der Waals surface area (Å²) in [5.41, 5.74) is 0.544. The van der Waals surface area contributed by atoms with Crippen molar-refractivity contribution in [3.63, 3.8) is 0 Å². The number of rotatable bonds is 1. The van der Waals surface area contributed by atoms with Gasteiger partial charge >= 0.3 is 5.82 Å². The van der Waals surface area contributed by atoms with Crippen LogP contribution in [0.5, 0.6) is 5.75 Å². The quantitative estimate of drug-likeness (QED) is 0.363. The Hall–Kier alpha value is -1.56. The third-order valence-corrected chi connectivity index (χ3v) is 2.80. The molecule has 1 aliphatic rings. The summed E-state index contributed by atoms with van der Waals surface area (Å²) in [5.74, 6) is -0.0773. The van der Waals surface area contributed by atoms with Gasteiger partial charge in [-0.3, -0.25) is 15.3 Å². The number of hydrogen-bond donors (Lipinski definition) is 1. The fraction of sp³-hybridized carbons (Fsp3) is 0.500. The third kappa shape index (κ3) is 2.12. The number of fused-ring (bicyclic) bond motifs is 1. The molecule has 0 unspecified atom stereocenters. The summed E-state index contributed by atoms with van der Waals surface area (Å²) in [7, 11) is 0. The van der Waals surface area contributed by atoms with Crippen molar-refractivity contribution in [2.45, 2.75) is 27.2 Å². The van der Waals surface area contributed by atoms with Gasteiger partial charge in [-0.2, -0.15) is 0 Å². The molecule has 0 spiro atoms.